The zero-order valence-corrected chi connectivity index (χ0v) is 15.1. The van der Waals surface area contributed by atoms with Crippen molar-refractivity contribution in [1.29, 1.82) is 0 Å². The number of anilines is 1. The van der Waals surface area contributed by atoms with Crippen molar-refractivity contribution in [3.63, 3.8) is 0 Å². The zero-order valence-electron chi connectivity index (χ0n) is 15.1. The Kier molecular flexibility index (Phi) is 10.1. The highest BCUT2D eigenvalue weighted by Gasteiger charge is 2.10. The number of nitrogens with one attached hydrogen (secondary N) is 3. The summed E-state index contributed by atoms with van der Waals surface area (Å²) >= 11 is 0. The van der Waals surface area contributed by atoms with Crippen LogP contribution in [0.4, 0.5) is 10.5 Å². The van der Waals surface area contributed by atoms with Crippen LogP contribution in [0.1, 0.15) is 38.2 Å². The molecule has 1 aromatic carbocycles. The molecule has 1 aromatic rings. The van der Waals surface area contributed by atoms with Crippen LogP contribution in [0.5, 0.6) is 0 Å². The summed E-state index contributed by atoms with van der Waals surface area (Å²) in [4.78, 5) is 22.9. The van der Waals surface area contributed by atoms with Crippen LogP contribution in [0, 0.1) is 0 Å². The molecule has 25 heavy (non-hydrogen) atoms. The number of nitrogens with two attached hydrogens (primary N) is 1. The number of hydrogen-bond acceptors (Lipinski definition) is 5. The number of alkyl carbamates (subject to hydrolysis) is 1. The van der Waals surface area contributed by atoms with Crippen LogP contribution in [-0.4, -0.2) is 38.2 Å². The van der Waals surface area contributed by atoms with Crippen molar-refractivity contribution in [3.8, 4) is 0 Å². The number of rotatable bonds is 11. The highest BCUT2D eigenvalue weighted by Crippen LogP contribution is 2.10. The maximum atomic E-state index is 11.6. The van der Waals surface area contributed by atoms with Crippen molar-refractivity contribution >= 4 is 17.7 Å². The van der Waals surface area contributed by atoms with Crippen LogP contribution in [-0.2, 0) is 16.1 Å². The first-order valence-corrected chi connectivity index (χ1v) is 8.77. The molecule has 0 fully saturated rings. The van der Waals surface area contributed by atoms with Gasteiger partial charge in [-0.1, -0.05) is 19.1 Å². The molecule has 0 aromatic heterocycles. The third-order valence-corrected chi connectivity index (χ3v) is 3.70. The minimum atomic E-state index is -0.494. The summed E-state index contributed by atoms with van der Waals surface area (Å²) in [6.45, 7) is 3.79. The van der Waals surface area contributed by atoms with Gasteiger partial charge in [0, 0.05) is 25.8 Å². The fourth-order valence-corrected chi connectivity index (χ4v) is 2.18. The average Bonchev–Trinajstić information content (AvgIpc) is 2.64. The molecule has 7 nitrogen and oxygen atoms in total. The van der Waals surface area contributed by atoms with Crippen molar-refractivity contribution < 1.29 is 14.3 Å². The van der Waals surface area contributed by atoms with Crippen molar-refractivity contribution in [1.82, 2.24) is 10.6 Å². The van der Waals surface area contributed by atoms with Gasteiger partial charge in [-0.25, -0.2) is 4.79 Å². The Labute approximate surface area is 149 Å². The normalized spacial score (nSPS) is 11.5. The fraction of sp³-hybridized carbons (Fsp3) is 0.556. The second kappa shape index (κ2) is 12.1. The minimum Gasteiger partial charge on any atom is -0.445 e. The minimum absolute atomic E-state index is 0.164. The number of likely N-dealkylation sites (N-methyl/N-ethyl adjacent to an activating group) is 1. The van der Waals surface area contributed by atoms with Gasteiger partial charge in [0.25, 0.3) is 0 Å². The first-order chi connectivity index (χ1) is 12.1. The van der Waals surface area contributed by atoms with E-state index >= 15 is 0 Å². The first-order valence-electron chi connectivity index (χ1n) is 8.77. The molecule has 140 valence electrons. The maximum Gasteiger partial charge on any atom is 0.407 e. The molecule has 0 saturated carbocycles. The number of benzene rings is 1. The van der Waals surface area contributed by atoms with Gasteiger partial charge in [0.05, 0.1) is 6.04 Å². The summed E-state index contributed by atoms with van der Waals surface area (Å²) in [5.74, 6) is -0.164. The number of ether oxygens (including phenoxy) is 1. The molecular formula is C18H30N4O3. The quantitative estimate of drug-likeness (QED) is 0.457. The van der Waals surface area contributed by atoms with Gasteiger partial charge < -0.3 is 26.4 Å². The zero-order chi connectivity index (χ0) is 18.5. The largest absolute Gasteiger partial charge is 0.445 e. The Hall–Kier alpha value is -2.28. The highest BCUT2D eigenvalue weighted by molar-refractivity contribution is 5.81. The van der Waals surface area contributed by atoms with E-state index in [4.69, 9.17) is 10.5 Å². The fourth-order valence-electron chi connectivity index (χ4n) is 2.18. The Morgan fingerprint density at radius 2 is 1.88 bits per heavy atom. The van der Waals surface area contributed by atoms with E-state index in [0.717, 1.165) is 37.1 Å². The second-order valence-corrected chi connectivity index (χ2v) is 5.84. The van der Waals surface area contributed by atoms with Gasteiger partial charge in [0.1, 0.15) is 6.61 Å². The number of unbranched alkanes of at least 4 members (excludes halogenated alkanes) is 1. The highest BCUT2D eigenvalue weighted by atomic mass is 16.5. The van der Waals surface area contributed by atoms with Gasteiger partial charge in [-0.3, -0.25) is 4.79 Å². The number of carbonyl (C=O) groups excluding carboxylic acids is 2. The number of amides is 2. The summed E-state index contributed by atoms with van der Waals surface area (Å²) < 4.78 is 5.17. The third kappa shape index (κ3) is 8.95. The molecule has 0 aliphatic carbocycles. The predicted molar refractivity (Wildman–Crippen MR) is 99.3 cm³/mol. The molecular weight excluding hydrogens is 320 g/mol. The number of hydrogen-bond donors (Lipinski definition) is 4. The molecule has 1 rings (SSSR count). The van der Waals surface area contributed by atoms with Gasteiger partial charge in [0.2, 0.25) is 5.91 Å². The smallest absolute Gasteiger partial charge is 0.407 e. The standard InChI is InChI=1S/C18H30N4O3/c1-3-11-21-15-9-7-14(8-10-15)13-25-18(24)22-12-5-4-6-16(19)17(23)20-2/h7-10,16,21H,3-6,11-13,19H2,1-2H3,(H,20,23)(H,22,24)/t16-/m0/s1. The SMILES string of the molecule is CCCNc1ccc(COC(=O)NCCCC[C@H](N)C(=O)NC)cc1. The van der Waals surface area contributed by atoms with Crippen molar-refractivity contribution in [2.45, 2.75) is 45.3 Å². The summed E-state index contributed by atoms with van der Waals surface area (Å²) in [6, 6.07) is 7.33. The summed E-state index contributed by atoms with van der Waals surface area (Å²) in [7, 11) is 1.56. The summed E-state index contributed by atoms with van der Waals surface area (Å²) in [5.41, 5.74) is 7.69. The first kappa shape index (κ1) is 20.8. The molecule has 0 saturated heterocycles. The average molecular weight is 350 g/mol. The van der Waals surface area contributed by atoms with Crippen LogP contribution in [0.15, 0.2) is 24.3 Å². The van der Waals surface area contributed by atoms with E-state index in [1.807, 2.05) is 24.3 Å². The van der Waals surface area contributed by atoms with Crippen LogP contribution in [0.2, 0.25) is 0 Å². The monoisotopic (exact) mass is 350 g/mol. The van der Waals surface area contributed by atoms with E-state index in [9.17, 15) is 9.59 Å². The van der Waals surface area contributed by atoms with Gasteiger partial charge in [0.15, 0.2) is 0 Å². The lowest BCUT2D eigenvalue weighted by Crippen LogP contribution is -2.38. The molecule has 0 aliphatic rings. The Bertz CT molecular complexity index is 520. The molecule has 0 aliphatic heterocycles. The lowest BCUT2D eigenvalue weighted by Gasteiger charge is -2.10. The Morgan fingerprint density at radius 1 is 1.16 bits per heavy atom. The van der Waals surface area contributed by atoms with Crippen LogP contribution >= 0.6 is 0 Å². The van der Waals surface area contributed by atoms with Gasteiger partial charge in [-0.05, 0) is 43.4 Å². The van der Waals surface area contributed by atoms with E-state index in [0.29, 0.717) is 13.0 Å². The molecule has 0 radical (unpaired) electrons. The van der Waals surface area contributed by atoms with Crippen molar-refractivity contribution in [2.24, 2.45) is 5.73 Å². The van der Waals surface area contributed by atoms with Gasteiger partial charge in [-0.15, -0.1) is 0 Å². The summed E-state index contributed by atoms with van der Waals surface area (Å²) in [6.07, 6.45) is 2.74. The lowest BCUT2D eigenvalue weighted by atomic mass is 10.1. The van der Waals surface area contributed by atoms with E-state index in [-0.39, 0.29) is 12.5 Å². The Balaban J connectivity index is 2.13. The molecule has 7 heteroatoms. The van der Waals surface area contributed by atoms with E-state index in [1.165, 1.54) is 0 Å². The molecule has 0 heterocycles. The topological polar surface area (TPSA) is 105 Å². The van der Waals surface area contributed by atoms with Crippen LogP contribution < -0.4 is 21.7 Å². The maximum absolute atomic E-state index is 11.6. The van der Waals surface area contributed by atoms with E-state index in [2.05, 4.69) is 22.9 Å². The van der Waals surface area contributed by atoms with Gasteiger partial charge >= 0.3 is 6.09 Å². The second-order valence-electron chi connectivity index (χ2n) is 5.84. The lowest BCUT2D eigenvalue weighted by molar-refractivity contribution is -0.122. The van der Waals surface area contributed by atoms with Crippen LogP contribution in [0.25, 0.3) is 0 Å². The summed E-state index contributed by atoms with van der Waals surface area (Å²) in [5, 5.41) is 8.50. The molecule has 0 unspecified atom stereocenters. The molecule has 0 spiro atoms. The van der Waals surface area contributed by atoms with E-state index < -0.39 is 12.1 Å². The Morgan fingerprint density at radius 3 is 2.52 bits per heavy atom. The predicted octanol–water partition coefficient (Wildman–Crippen LogP) is 1.98. The third-order valence-electron chi connectivity index (χ3n) is 3.70. The molecule has 5 N–H and O–H groups in total. The molecule has 0 bridgehead atoms. The van der Waals surface area contributed by atoms with Crippen molar-refractivity contribution in [2.75, 3.05) is 25.5 Å². The molecule has 1 atom stereocenters. The van der Waals surface area contributed by atoms with Gasteiger partial charge in [-0.2, -0.15) is 0 Å². The van der Waals surface area contributed by atoms with Crippen LogP contribution in [0.3, 0.4) is 0 Å². The van der Waals surface area contributed by atoms with Crippen molar-refractivity contribution in [3.05, 3.63) is 29.8 Å². The number of carbonyl (C=O) groups is 2. The van der Waals surface area contributed by atoms with E-state index in [1.54, 1.807) is 7.05 Å². The molecule has 2 amide bonds.